The Balaban J connectivity index is 1.95. The van der Waals surface area contributed by atoms with Crippen molar-refractivity contribution >= 4 is 27.3 Å². The van der Waals surface area contributed by atoms with Crippen molar-refractivity contribution in [3.05, 3.63) is 50.4 Å². The molecule has 0 amide bonds. The van der Waals surface area contributed by atoms with Crippen molar-refractivity contribution < 1.29 is 9.13 Å². The quantitative estimate of drug-likeness (QED) is 0.806. The summed E-state index contributed by atoms with van der Waals surface area (Å²) in [6, 6.07) is 7.46. The second-order valence-electron chi connectivity index (χ2n) is 4.82. The molecule has 0 saturated carbocycles. The normalized spacial score (nSPS) is 11.1. The van der Waals surface area contributed by atoms with Crippen LogP contribution in [0.1, 0.15) is 24.3 Å². The lowest BCUT2D eigenvalue weighted by atomic mass is 10.2. The summed E-state index contributed by atoms with van der Waals surface area (Å²) in [4.78, 5) is 1.06. The summed E-state index contributed by atoms with van der Waals surface area (Å²) in [6.07, 6.45) is 0. The smallest absolute Gasteiger partial charge is 0.165 e. The molecule has 108 valence electrons. The fourth-order valence-electron chi connectivity index (χ4n) is 1.67. The third kappa shape index (κ3) is 4.58. The number of thiophene rings is 1. The highest BCUT2D eigenvalue weighted by atomic mass is 79.9. The molecule has 0 saturated heterocycles. The second-order valence-corrected chi connectivity index (χ2v) is 6.73. The molecular weight excluding hydrogens is 341 g/mol. The van der Waals surface area contributed by atoms with E-state index in [1.807, 2.05) is 17.5 Å². The van der Waals surface area contributed by atoms with Crippen LogP contribution in [0.25, 0.3) is 0 Å². The molecule has 0 aliphatic carbocycles. The van der Waals surface area contributed by atoms with E-state index in [0.29, 0.717) is 24.9 Å². The summed E-state index contributed by atoms with van der Waals surface area (Å²) >= 11 is 4.97. The minimum atomic E-state index is -0.316. The topological polar surface area (TPSA) is 21.3 Å². The Morgan fingerprint density at radius 3 is 2.75 bits per heavy atom. The lowest BCUT2D eigenvalue weighted by molar-refractivity contribution is 0.293. The third-order valence-corrected chi connectivity index (χ3v) is 4.37. The van der Waals surface area contributed by atoms with Crippen LogP contribution in [0.15, 0.2) is 34.1 Å². The van der Waals surface area contributed by atoms with E-state index in [1.54, 1.807) is 17.4 Å². The van der Waals surface area contributed by atoms with Gasteiger partial charge in [0.05, 0.1) is 0 Å². The highest BCUT2D eigenvalue weighted by molar-refractivity contribution is 9.10. The molecule has 0 spiro atoms. The van der Waals surface area contributed by atoms with Crippen LogP contribution in [0.2, 0.25) is 0 Å². The third-order valence-electron chi connectivity index (χ3n) is 2.70. The van der Waals surface area contributed by atoms with Crippen LogP contribution in [0.3, 0.4) is 0 Å². The van der Waals surface area contributed by atoms with Gasteiger partial charge >= 0.3 is 0 Å². The van der Waals surface area contributed by atoms with Gasteiger partial charge in [0.2, 0.25) is 0 Å². The summed E-state index contributed by atoms with van der Waals surface area (Å²) in [5.41, 5.74) is 0.919. The standard InChI is InChI=1S/C15H17BrFNOS/c1-10(2)18-7-11-3-4-15(14(17)5-11)19-8-13-6-12(16)9-20-13/h3-6,9-10,18H,7-8H2,1-2H3. The monoisotopic (exact) mass is 357 g/mol. The maximum atomic E-state index is 13.9. The largest absolute Gasteiger partial charge is 0.485 e. The molecule has 0 bridgehead atoms. The van der Waals surface area contributed by atoms with E-state index in [9.17, 15) is 4.39 Å². The molecule has 0 unspecified atom stereocenters. The van der Waals surface area contributed by atoms with Crippen molar-refractivity contribution in [3.63, 3.8) is 0 Å². The van der Waals surface area contributed by atoms with Crippen molar-refractivity contribution in [2.75, 3.05) is 0 Å². The molecule has 1 aromatic heterocycles. The Morgan fingerprint density at radius 1 is 1.35 bits per heavy atom. The summed E-state index contributed by atoms with van der Waals surface area (Å²) < 4.78 is 20.5. The molecule has 0 aliphatic heterocycles. The van der Waals surface area contributed by atoms with Crippen LogP contribution in [-0.2, 0) is 13.2 Å². The van der Waals surface area contributed by atoms with Gasteiger partial charge in [0.25, 0.3) is 0 Å². The molecule has 2 aromatic rings. The number of hydrogen-bond acceptors (Lipinski definition) is 3. The Bertz CT molecular complexity index is 571. The Labute approximate surface area is 131 Å². The molecular formula is C15H17BrFNOS. The Morgan fingerprint density at radius 2 is 2.15 bits per heavy atom. The first-order valence-electron chi connectivity index (χ1n) is 6.42. The molecule has 5 heteroatoms. The molecule has 0 radical (unpaired) electrons. The van der Waals surface area contributed by atoms with Crippen molar-refractivity contribution in [1.82, 2.24) is 5.32 Å². The predicted octanol–water partition coefficient (Wildman–Crippen LogP) is 4.73. The van der Waals surface area contributed by atoms with E-state index in [2.05, 4.69) is 35.1 Å². The van der Waals surface area contributed by atoms with Gasteiger partial charge in [-0.25, -0.2) is 4.39 Å². The van der Waals surface area contributed by atoms with Gasteiger partial charge in [0.15, 0.2) is 11.6 Å². The van der Waals surface area contributed by atoms with Crippen LogP contribution >= 0.6 is 27.3 Å². The zero-order valence-electron chi connectivity index (χ0n) is 11.5. The van der Waals surface area contributed by atoms with Gasteiger partial charge in [0, 0.05) is 27.3 Å². The van der Waals surface area contributed by atoms with E-state index < -0.39 is 0 Å². The predicted molar refractivity (Wildman–Crippen MR) is 84.7 cm³/mol. The van der Waals surface area contributed by atoms with Crippen LogP contribution in [0.4, 0.5) is 4.39 Å². The van der Waals surface area contributed by atoms with Crippen LogP contribution in [-0.4, -0.2) is 6.04 Å². The highest BCUT2D eigenvalue weighted by Crippen LogP contribution is 2.23. The second kappa shape index (κ2) is 7.20. The van der Waals surface area contributed by atoms with E-state index in [0.717, 1.165) is 14.9 Å². The van der Waals surface area contributed by atoms with Crippen molar-refractivity contribution in [1.29, 1.82) is 0 Å². The first kappa shape index (κ1) is 15.5. The van der Waals surface area contributed by atoms with Crippen molar-refractivity contribution in [2.45, 2.75) is 33.0 Å². The molecule has 20 heavy (non-hydrogen) atoms. The van der Waals surface area contributed by atoms with Gasteiger partial charge in [-0.05, 0) is 39.7 Å². The van der Waals surface area contributed by atoms with E-state index in [-0.39, 0.29) is 5.82 Å². The average molecular weight is 358 g/mol. The van der Waals surface area contributed by atoms with E-state index in [1.165, 1.54) is 6.07 Å². The number of hydrogen-bond donors (Lipinski definition) is 1. The minimum Gasteiger partial charge on any atom is -0.485 e. The molecule has 1 aromatic carbocycles. The van der Waals surface area contributed by atoms with Crippen molar-refractivity contribution in [3.8, 4) is 5.75 Å². The first-order chi connectivity index (χ1) is 9.54. The fraction of sp³-hybridized carbons (Fsp3) is 0.333. The number of ether oxygens (including phenoxy) is 1. The zero-order valence-corrected chi connectivity index (χ0v) is 13.9. The number of halogens is 2. The van der Waals surface area contributed by atoms with Gasteiger partial charge in [-0.3, -0.25) is 0 Å². The molecule has 1 heterocycles. The Hall–Kier alpha value is -0.910. The molecule has 1 N–H and O–H groups in total. The van der Waals surface area contributed by atoms with Crippen LogP contribution < -0.4 is 10.1 Å². The summed E-state index contributed by atoms with van der Waals surface area (Å²) in [5, 5.41) is 5.24. The van der Waals surface area contributed by atoms with Gasteiger partial charge in [-0.15, -0.1) is 11.3 Å². The number of rotatable bonds is 6. The summed E-state index contributed by atoms with van der Waals surface area (Å²) in [7, 11) is 0. The zero-order chi connectivity index (χ0) is 14.5. The first-order valence-corrected chi connectivity index (χ1v) is 8.09. The molecule has 0 fully saturated rings. The van der Waals surface area contributed by atoms with E-state index >= 15 is 0 Å². The highest BCUT2D eigenvalue weighted by Gasteiger charge is 2.06. The number of benzene rings is 1. The van der Waals surface area contributed by atoms with Crippen LogP contribution in [0, 0.1) is 5.82 Å². The Kier molecular flexibility index (Phi) is 5.57. The van der Waals surface area contributed by atoms with Crippen LogP contribution in [0.5, 0.6) is 5.75 Å². The van der Waals surface area contributed by atoms with Gasteiger partial charge in [-0.1, -0.05) is 19.9 Å². The van der Waals surface area contributed by atoms with Gasteiger partial charge < -0.3 is 10.1 Å². The summed E-state index contributed by atoms with van der Waals surface area (Å²) in [6.45, 7) is 5.17. The summed E-state index contributed by atoms with van der Waals surface area (Å²) in [5.74, 6) is -0.0218. The number of nitrogens with one attached hydrogen (secondary N) is 1. The van der Waals surface area contributed by atoms with Gasteiger partial charge in [0.1, 0.15) is 6.61 Å². The lowest BCUT2D eigenvalue weighted by Crippen LogP contribution is -2.21. The SMILES string of the molecule is CC(C)NCc1ccc(OCc2cc(Br)cs2)c(F)c1. The minimum absolute atomic E-state index is 0.294. The molecule has 0 atom stereocenters. The van der Waals surface area contributed by atoms with Gasteiger partial charge in [-0.2, -0.15) is 0 Å². The molecule has 2 rings (SSSR count). The van der Waals surface area contributed by atoms with Crippen molar-refractivity contribution in [2.24, 2.45) is 0 Å². The molecule has 2 nitrogen and oxygen atoms in total. The maximum Gasteiger partial charge on any atom is 0.165 e. The van der Waals surface area contributed by atoms with E-state index in [4.69, 9.17) is 4.74 Å². The maximum absolute atomic E-state index is 13.9. The average Bonchev–Trinajstić information content (AvgIpc) is 2.81. The lowest BCUT2D eigenvalue weighted by Gasteiger charge is -2.10. The fourth-order valence-corrected chi connectivity index (χ4v) is 3.03. The molecule has 0 aliphatic rings.